The monoisotopic (exact) mass is 506 g/mol. The van der Waals surface area contributed by atoms with E-state index in [0.29, 0.717) is 0 Å². The predicted molar refractivity (Wildman–Crippen MR) is 131 cm³/mol. The van der Waals surface area contributed by atoms with Crippen molar-refractivity contribution >= 4 is 39.9 Å². The molecule has 0 atom stereocenters. The Bertz CT molecular complexity index is 1210. The molecule has 10 heteroatoms. The first-order chi connectivity index (χ1) is 16.6. The summed E-state index contributed by atoms with van der Waals surface area (Å²) in [6, 6.07) is 13.7. The summed E-state index contributed by atoms with van der Waals surface area (Å²) in [6.45, 7) is 0. The van der Waals surface area contributed by atoms with Gasteiger partial charge in [-0.05, 0) is 49.9 Å². The first-order valence-electron chi connectivity index (χ1n) is 11.3. The molecule has 1 saturated carbocycles. The van der Waals surface area contributed by atoms with E-state index >= 15 is 0 Å². The minimum absolute atomic E-state index is 0.0349. The van der Waals surface area contributed by atoms with Gasteiger partial charge in [0.15, 0.2) is 0 Å². The lowest BCUT2D eigenvalue weighted by molar-refractivity contribution is -0.274. The van der Waals surface area contributed by atoms with Crippen molar-refractivity contribution in [1.29, 1.82) is 0 Å². The van der Waals surface area contributed by atoms with Crippen LogP contribution in [0.1, 0.15) is 36.0 Å². The third-order valence-corrected chi connectivity index (χ3v) is 6.31. The number of benzene rings is 2. The standard InChI is InChI=1S/C25H26ClF3N4O2/c1-33(2)21-14-23(32-20-6-4-3-5-18(20)21)30-16-8-10-17(11-9-16)31-24(34)15-7-12-22(19(26)13-15)35-25(27,28)29/h3-7,12-14,16-17H,8-11H2,1-2H3,(H,30,32)(H,31,34)/t16-,17+. The van der Waals surface area contributed by atoms with Crippen LogP contribution < -0.4 is 20.3 Å². The summed E-state index contributed by atoms with van der Waals surface area (Å²) in [5, 5.41) is 7.30. The largest absolute Gasteiger partial charge is 0.573 e. The molecule has 0 bridgehead atoms. The van der Waals surface area contributed by atoms with E-state index in [4.69, 9.17) is 16.6 Å². The van der Waals surface area contributed by atoms with Gasteiger partial charge in [0, 0.05) is 48.9 Å². The van der Waals surface area contributed by atoms with Gasteiger partial charge in [0.05, 0.1) is 10.5 Å². The Hall–Kier alpha value is -3.20. The lowest BCUT2D eigenvalue weighted by Gasteiger charge is -2.30. The molecular weight excluding hydrogens is 481 g/mol. The molecular formula is C25H26ClF3N4O2. The Morgan fingerprint density at radius 2 is 1.74 bits per heavy atom. The number of nitrogens with one attached hydrogen (secondary N) is 2. The Labute approximate surface area is 206 Å². The number of carbonyl (C=O) groups excluding carboxylic acids is 1. The molecule has 0 unspecified atom stereocenters. The van der Waals surface area contributed by atoms with Crippen molar-refractivity contribution in [2.75, 3.05) is 24.3 Å². The van der Waals surface area contributed by atoms with E-state index in [-0.39, 0.29) is 28.6 Å². The first-order valence-corrected chi connectivity index (χ1v) is 11.7. The number of ether oxygens (including phenoxy) is 1. The van der Waals surface area contributed by atoms with E-state index in [1.165, 1.54) is 12.1 Å². The molecule has 1 amide bonds. The summed E-state index contributed by atoms with van der Waals surface area (Å²) < 4.78 is 41.1. The Kier molecular flexibility index (Phi) is 7.25. The number of hydrogen-bond acceptors (Lipinski definition) is 5. The lowest BCUT2D eigenvalue weighted by Crippen LogP contribution is -2.40. The summed E-state index contributed by atoms with van der Waals surface area (Å²) in [7, 11) is 4.01. The van der Waals surface area contributed by atoms with Gasteiger partial charge >= 0.3 is 6.36 Å². The second kappa shape index (κ2) is 10.2. The third kappa shape index (κ3) is 6.28. The number of aromatic nitrogens is 1. The number of hydrogen-bond donors (Lipinski definition) is 2. The van der Waals surface area contributed by atoms with E-state index in [0.717, 1.165) is 54.2 Å². The van der Waals surface area contributed by atoms with Crippen LogP contribution in [0.25, 0.3) is 10.9 Å². The van der Waals surface area contributed by atoms with Crippen molar-refractivity contribution in [3.63, 3.8) is 0 Å². The molecule has 1 aromatic heterocycles. The maximum absolute atomic E-state index is 12.6. The van der Waals surface area contributed by atoms with Crippen LogP contribution >= 0.6 is 11.6 Å². The van der Waals surface area contributed by atoms with Crippen LogP contribution in [0.4, 0.5) is 24.7 Å². The summed E-state index contributed by atoms with van der Waals surface area (Å²) >= 11 is 5.86. The molecule has 3 aromatic rings. The average Bonchev–Trinajstić information content (AvgIpc) is 2.80. The molecule has 35 heavy (non-hydrogen) atoms. The van der Waals surface area contributed by atoms with Gasteiger partial charge in [0.2, 0.25) is 0 Å². The van der Waals surface area contributed by atoms with Crippen molar-refractivity contribution in [1.82, 2.24) is 10.3 Å². The minimum atomic E-state index is -4.85. The van der Waals surface area contributed by atoms with Gasteiger partial charge in [-0.25, -0.2) is 4.98 Å². The minimum Gasteiger partial charge on any atom is -0.404 e. The van der Waals surface area contributed by atoms with E-state index in [9.17, 15) is 18.0 Å². The molecule has 186 valence electrons. The zero-order chi connectivity index (χ0) is 25.2. The zero-order valence-corrected chi connectivity index (χ0v) is 20.1. The van der Waals surface area contributed by atoms with Gasteiger partial charge in [-0.1, -0.05) is 29.8 Å². The summed E-state index contributed by atoms with van der Waals surface area (Å²) in [6.07, 6.45) is -1.64. The first kappa shape index (κ1) is 24.9. The van der Waals surface area contributed by atoms with E-state index in [1.54, 1.807) is 0 Å². The van der Waals surface area contributed by atoms with Gasteiger partial charge in [-0.3, -0.25) is 4.79 Å². The number of fused-ring (bicyclic) bond motifs is 1. The second-order valence-electron chi connectivity index (χ2n) is 8.80. The predicted octanol–water partition coefficient (Wildman–Crippen LogP) is 6.01. The molecule has 0 radical (unpaired) electrons. The average molecular weight is 507 g/mol. The Balaban J connectivity index is 1.34. The number of pyridine rings is 1. The van der Waals surface area contributed by atoms with Crippen molar-refractivity contribution in [3.8, 4) is 5.75 Å². The quantitative estimate of drug-likeness (QED) is 0.429. The highest BCUT2D eigenvalue weighted by Gasteiger charge is 2.32. The number of carbonyl (C=O) groups is 1. The molecule has 0 saturated heterocycles. The molecule has 1 heterocycles. The van der Waals surface area contributed by atoms with Crippen LogP contribution in [0.15, 0.2) is 48.5 Å². The highest BCUT2D eigenvalue weighted by atomic mass is 35.5. The molecule has 2 N–H and O–H groups in total. The number of halogens is 4. The van der Waals surface area contributed by atoms with Crippen LogP contribution in [-0.4, -0.2) is 43.4 Å². The number of anilines is 2. The van der Waals surface area contributed by atoms with Crippen LogP contribution in [0.5, 0.6) is 5.75 Å². The zero-order valence-electron chi connectivity index (χ0n) is 19.3. The number of alkyl halides is 3. The van der Waals surface area contributed by atoms with Crippen molar-refractivity contribution in [2.45, 2.75) is 44.1 Å². The van der Waals surface area contributed by atoms with E-state index < -0.39 is 12.1 Å². The Morgan fingerprint density at radius 1 is 1.06 bits per heavy atom. The fourth-order valence-corrected chi connectivity index (χ4v) is 4.53. The number of rotatable bonds is 6. The molecule has 1 fully saturated rings. The normalized spacial score (nSPS) is 18.2. The van der Waals surface area contributed by atoms with Crippen molar-refractivity contribution in [2.24, 2.45) is 0 Å². The van der Waals surface area contributed by atoms with Crippen LogP contribution in [0, 0.1) is 0 Å². The topological polar surface area (TPSA) is 66.5 Å². The van der Waals surface area contributed by atoms with Gasteiger partial charge in [0.1, 0.15) is 11.6 Å². The fourth-order valence-electron chi connectivity index (χ4n) is 4.31. The van der Waals surface area contributed by atoms with Crippen LogP contribution in [0.2, 0.25) is 5.02 Å². The molecule has 0 spiro atoms. The highest BCUT2D eigenvalue weighted by molar-refractivity contribution is 6.32. The van der Waals surface area contributed by atoms with Gasteiger partial charge in [-0.15, -0.1) is 13.2 Å². The fraction of sp³-hybridized carbons (Fsp3) is 0.360. The lowest BCUT2D eigenvalue weighted by atomic mass is 9.91. The van der Waals surface area contributed by atoms with E-state index in [2.05, 4.69) is 26.3 Å². The molecule has 1 aliphatic carbocycles. The number of amides is 1. The van der Waals surface area contributed by atoms with Crippen LogP contribution in [-0.2, 0) is 0 Å². The highest BCUT2D eigenvalue weighted by Crippen LogP contribution is 2.32. The molecule has 1 aliphatic rings. The summed E-state index contributed by atoms with van der Waals surface area (Å²) in [4.78, 5) is 19.4. The van der Waals surface area contributed by atoms with E-state index in [1.807, 2.05) is 38.4 Å². The van der Waals surface area contributed by atoms with Crippen molar-refractivity contribution in [3.05, 3.63) is 59.1 Å². The van der Waals surface area contributed by atoms with Gasteiger partial charge in [0.25, 0.3) is 5.91 Å². The number of para-hydroxylation sites is 1. The molecule has 2 aromatic carbocycles. The van der Waals surface area contributed by atoms with Crippen molar-refractivity contribution < 1.29 is 22.7 Å². The molecule has 0 aliphatic heterocycles. The SMILES string of the molecule is CN(C)c1cc(N[C@H]2CC[C@@H](NC(=O)c3ccc(OC(F)(F)F)c(Cl)c3)CC2)nc2ccccc12. The number of nitrogens with zero attached hydrogens (tertiary/aromatic N) is 2. The smallest absolute Gasteiger partial charge is 0.404 e. The maximum atomic E-state index is 12.6. The van der Waals surface area contributed by atoms with Gasteiger partial charge < -0.3 is 20.3 Å². The Morgan fingerprint density at radius 3 is 2.40 bits per heavy atom. The summed E-state index contributed by atoms with van der Waals surface area (Å²) in [5.74, 6) is -0.105. The molecule has 6 nitrogen and oxygen atoms in total. The molecule has 4 rings (SSSR count). The maximum Gasteiger partial charge on any atom is 0.573 e. The third-order valence-electron chi connectivity index (χ3n) is 6.01. The second-order valence-corrected chi connectivity index (χ2v) is 9.20. The van der Waals surface area contributed by atoms with Crippen LogP contribution in [0.3, 0.4) is 0 Å². The van der Waals surface area contributed by atoms with Gasteiger partial charge in [-0.2, -0.15) is 0 Å². The summed E-state index contributed by atoms with van der Waals surface area (Å²) in [5.41, 5.74) is 2.19.